The Morgan fingerprint density at radius 1 is 1.05 bits per heavy atom. The van der Waals surface area contributed by atoms with Crippen molar-refractivity contribution in [2.75, 3.05) is 33.2 Å². The smallest absolute Gasteiger partial charge is 0.268 e. The SMILES string of the molecule is CN1CCC(C2CCN(C(=O)[C@@H](Cn3ccnc3)NC(=O)c3cc4cc(Cl)ccc4[nH]3)CC2)CC1.Cl.Cl.Cl. The Balaban J connectivity index is 0.00000169. The van der Waals surface area contributed by atoms with E-state index in [2.05, 4.69) is 27.2 Å². The molecule has 2 aromatic heterocycles. The summed E-state index contributed by atoms with van der Waals surface area (Å²) in [5.74, 6) is 1.11. The monoisotopic (exact) mass is 604 g/mol. The van der Waals surface area contributed by atoms with Crippen molar-refractivity contribution in [1.29, 1.82) is 0 Å². The van der Waals surface area contributed by atoms with Gasteiger partial charge in [0.05, 0.1) is 12.9 Å². The molecule has 3 aromatic rings. The summed E-state index contributed by atoms with van der Waals surface area (Å²) < 4.78 is 1.83. The lowest BCUT2D eigenvalue weighted by molar-refractivity contribution is -0.135. The van der Waals surface area contributed by atoms with Crippen LogP contribution in [0, 0.1) is 11.8 Å². The number of piperidine rings is 2. The number of imidazole rings is 1. The van der Waals surface area contributed by atoms with Gasteiger partial charge in [-0.1, -0.05) is 11.6 Å². The van der Waals surface area contributed by atoms with Crippen LogP contribution in [0.1, 0.15) is 36.2 Å². The molecule has 0 unspecified atom stereocenters. The van der Waals surface area contributed by atoms with Crippen molar-refractivity contribution >= 4 is 71.5 Å². The average Bonchev–Trinajstić information content (AvgIpc) is 3.53. The van der Waals surface area contributed by atoms with Crippen LogP contribution < -0.4 is 5.32 Å². The van der Waals surface area contributed by atoms with E-state index in [1.165, 1.54) is 25.9 Å². The normalized spacial score (nSPS) is 17.7. The lowest BCUT2D eigenvalue weighted by Crippen LogP contribution is -2.53. The van der Waals surface area contributed by atoms with E-state index < -0.39 is 6.04 Å². The molecule has 2 fully saturated rings. The van der Waals surface area contributed by atoms with Gasteiger partial charge in [0, 0.05) is 41.4 Å². The number of fused-ring (bicyclic) bond motifs is 1. The third kappa shape index (κ3) is 7.57. The molecule has 4 heterocycles. The van der Waals surface area contributed by atoms with E-state index in [1.54, 1.807) is 24.7 Å². The molecule has 1 atom stereocenters. The van der Waals surface area contributed by atoms with Gasteiger partial charge in [0.2, 0.25) is 5.91 Å². The first-order valence-corrected chi connectivity index (χ1v) is 12.9. The first kappa shape index (κ1) is 32.2. The highest BCUT2D eigenvalue weighted by molar-refractivity contribution is 6.31. The minimum atomic E-state index is -0.674. The molecule has 1 aromatic carbocycles. The highest BCUT2D eigenvalue weighted by atomic mass is 35.5. The summed E-state index contributed by atoms with van der Waals surface area (Å²) in [5.41, 5.74) is 1.24. The van der Waals surface area contributed by atoms with Gasteiger partial charge in [-0.25, -0.2) is 4.98 Å². The van der Waals surface area contributed by atoms with Crippen LogP contribution in [0.25, 0.3) is 10.9 Å². The van der Waals surface area contributed by atoms with E-state index in [9.17, 15) is 9.59 Å². The van der Waals surface area contributed by atoms with Gasteiger partial charge in [-0.05, 0) is 81.9 Å². The van der Waals surface area contributed by atoms with E-state index in [4.69, 9.17) is 11.6 Å². The lowest BCUT2D eigenvalue weighted by Gasteiger charge is -2.40. The first-order valence-electron chi connectivity index (χ1n) is 12.5. The van der Waals surface area contributed by atoms with Crippen LogP contribution in [0.5, 0.6) is 0 Å². The van der Waals surface area contributed by atoms with Crippen molar-refractivity contribution in [2.45, 2.75) is 38.3 Å². The first-order chi connectivity index (χ1) is 17.0. The number of hydrogen-bond donors (Lipinski definition) is 2. The minimum absolute atomic E-state index is 0. The number of hydrogen-bond acceptors (Lipinski definition) is 4. The molecular formula is C26H36Cl4N6O2. The number of nitrogens with one attached hydrogen (secondary N) is 2. The predicted octanol–water partition coefficient (Wildman–Crippen LogP) is 4.66. The molecule has 2 N–H and O–H groups in total. The number of aromatic amines is 1. The fraction of sp³-hybridized carbons (Fsp3) is 0.500. The second kappa shape index (κ2) is 14.4. The molecule has 38 heavy (non-hydrogen) atoms. The molecule has 0 radical (unpaired) electrons. The van der Waals surface area contributed by atoms with Crippen LogP contribution in [-0.2, 0) is 11.3 Å². The highest BCUT2D eigenvalue weighted by Crippen LogP contribution is 2.32. The van der Waals surface area contributed by atoms with Gasteiger partial charge in [0.25, 0.3) is 5.91 Å². The number of rotatable bonds is 6. The molecule has 12 heteroatoms. The minimum Gasteiger partial charge on any atom is -0.351 e. The van der Waals surface area contributed by atoms with Crippen molar-refractivity contribution in [3.05, 3.63) is 53.7 Å². The summed E-state index contributed by atoms with van der Waals surface area (Å²) in [7, 11) is 2.19. The number of aromatic nitrogens is 3. The Kier molecular flexibility index (Phi) is 12.2. The number of halogens is 4. The third-order valence-corrected chi connectivity index (χ3v) is 7.90. The zero-order chi connectivity index (χ0) is 24.4. The summed E-state index contributed by atoms with van der Waals surface area (Å²) in [5, 5.41) is 4.44. The van der Waals surface area contributed by atoms with Crippen molar-refractivity contribution in [3.63, 3.8) is 0 Å². The Labute approximate surface area is 247 Å². The fourth-order valence-electron chi connectivity index (χ4n) is 5.56. The zero-order valence-corrected chi connectivity index (χ0v) is 24.6. The molecule has 5 rings (SSSR count). The molecule has 8 nitrogen and oxygen atoms in total. The van der Waals surface area contributed by atoms with Crippen LogP contribution in [0.4, 0.5) is 0 Å². The second-order valence-electron chi connectivity index (χ2n) is 10.0. The summed E-state index contributed by atoms with van der Waals surface area (Å²) in [4.78, 5) is 38.3. The lowest BCUT2D eigenvalue weighted by atomic mass is 9.79. The molecule has 0 spiro atoms. The Morgan fingerprint density at radius 3 is 2.34 bits per heavy atom. The number of H-pyrrole nitrogens is 1. The highest BCUT2D eigenvalue weighted by Gasteiger charge is 2.33. The quantitative estimate of drug-likeness (QED) is 0.428. The van der Waals surface area contributed by atoms with Gasteiger partial charge in [-0.2, -0.15) is 0 Å². The molecule has 0 saturated carbocycles. The molecule has 2 aliphatic rings. The van der Waals surface area contributed by atoms with E-state index in [0.717, 1.165) is 42.8 Å². The molecular weight excluding hydrogens is 570 g/mol. The number of benzene rings is 1. The van der Waals surface area contributed by atoms with Gasteiger partial charge in [0.1, 0.15) is 11.7 Å². The number of likely N-dealkylation sites (tertiary alicyclic amines) is 2. The summed E-state index contributed by atoms with van der Waals surface area (Å²) >= 11 is 6.09. The van der Waals surface area contributed by atoms with Crippen LogP contribution in [0.2, 0.25) is 5.02 Å². The van der Waals surface area contributed by atoms with Crippen molar-refractivity contribution in [2.24, 2.45) is 11.8 Å². The number of nitrogens with zero attached hydrogens (tertiary/aromatic N) is 4. The van der Waals surface area contributed by atoms with Gasteiger partial charge in [-0.3, -0.25) is 9.59 Å². The summed E-state index contributed by atoms with van der Waals surface area (Å²) in [6, 6.07) is 6.53. The van der Waals surface area contributed by atoms with Gasteiger partial charge in [-0.15, -0.1) is 37.2 Å². The van der Waals surface area contributed by atoms with E-state index in [1.807, 2.05) is 27.8 Å². The van der Waals surface area contributed by atoms with Crippen LogP contribution in [-0.4, -0.2) is 75.4 Å². The summed E-state index contributed by atoms with van der Waals surface area (Å²) in [6.45, 7) is 4.17. The summed E-state index contributed by atoms with van der Waals surface area (Å²) in [6.07, 6.45) is 9.74. The maximum Gasteiger partial charge on any atom is 0.268 e. The third-order valence-electron chi connectivity index (χ3n) is 7.66. The number of amides is 2. The Hall–Kier alpha value is -1.97. The van der Waals surface area contributed by atoms with Crippen LogP contribution >= 0.6 is 48.8 Å². The van der Waals surface area contributed by atoms with Gasteiger partial charge < -0.3 is 24.7 Å². The molecule has 2 saturated heterocycles. The largest absolute Gasteiger partial charge is 0.351 e. The topological polar surface area (TPSA) is 86.3 Å². The number of carbonyl (C=O) groups excluding carboxylic acids is 2. The zero-order valence-electron chi connectivity index (χ0n) is 21.3. The van der Waals surface area contributed by atoms with Gasteiger partial charge >= 0.3 is 0 Å². The maximum atomic E-state index is 13.6. The molecule has 210 valence electrons. The van der Waals surface area contributed by atoms with Crippen molar-refractivity contribution in [3.8, 4) is 0 Å². The number of carbonyl (C=O) groups is 2. The Morgan fingerprint density at radius 2 is 1.71 bits per heavy atom. The molecule has 0 aliphatic carbocycles. The standard InChI is InChI=1S/C26H33ClN6O2.3ClH/c1-31-9-4-18(5-10-31)19-6-11-33(12-7-19)26(35)24(16-32-13-8-28-17-32)30-25(34)23-15-20-14-21(27)2-3-22(20)29-23;;;/h2-3,8,13-15,17-19,24,29H,4-7,9-12,16H2,1H3,(H,30,34);3*1H/t24-;;;/m1.../s1. The molecule has 2 amide bonds. The van der Waals surface area contributed by atoms with Crippen molar-refractivity contribution < 1.29 is 9.59 Å². The van der Waals surface area contributed by atoms with Crippen molar-refractivity contribution in [1.82, 2.24) is 29.7 Å². The maximum absolute atomic E-state index is 13.6. The second-order valence-corrected chi connectivity index (χ2v) is 10.4. The van der Waals surface area contributed by atoms with Gasteiger partial charge in [0.15, 0.2) is 0 Å². The molecule has 2 aliphatic heterocycles. The van der Waals surface area contributed by atoms with Crippen LogP contribution in [0.15, 0.2) is 43.0 Å². The van der Waals surface area contributed by atoms with E-state index in [0.29, 0.717) is 23.2 Å². The predicted molar refractivity (Wildman–Crippen MR) is 158 cm³/mol. The fourth-order valence-corrected chi connectivity index (χ4v) is 5.74. The Bertz CT molecular complexity index is 1170. The average molecular weight is 606 g/mol. The van der Waals surface area contributed by atoms with E-state index in [-0.39, 0.29) is 49.0 Å². The molecule has 0 bridgehead atoms. The van der Waals surface area contributed by atoms with E-state index >= 15 is 0 Å². The van der Waals surface area contributed by atoms with Crippen LogP contribution in [0.3, 0.4) is 0 Å².